The molecule has 1 aromatic rings. The molecule has 154 valence electrons. The van der Waals surface area contributed by atoms with Gasteiger partial charge in [0.25, 0.3) is 0 Å². The van der Waals surface area contributed by atoms with Gasteiger partial charge in [-0.05, 0) is 30.9 Å². The molecule has 2 aliphatic rings. The van der Waals surface area contributed by atoms with Crippen LogP contribution in [0.2, 0.25) is 0 Å². The third-order valence-corrected chi connectivity index (χ3v) is 5.99. The van der Waals surface area contributed by atoms with Crippen molar-refractivity contribution in [3.63, 3.8) is 0 Å². The lowest BCUT2D eigenvalue weighted by Crippen LogP contribution is -2.57. The molecule has 1 N–H and O–H groups in total. The van der Waals surface area contributed by atoms with Gasteiger partial charge in [0, 0.05) is 32.1 Å². The molecule has 0 aromatic heterocycles. The zero-order valence-electron chi connectivity index (χ0n) is 17.0. The number of nitrogens with one attached hydrogen (secondary N) is 1. The molecule has 1 saturated heterocycles. The van der Waals surface area contributed by atoms with E-state index in [1.165, 1.54) is 12.5 Å². The SMILES string of the molecule is CC(C)[C@H](NC(=O)C1CCCCC1)C(=O)N1CCN(c2ccccc2F)CC1. The van der Waals surface area contributed by atoms with Gasteiger partial charge in [-0.2, -0.15) is 0 Å². The number of halogens is 1. The standard InChI is InChI=1S/C22H32FN3O2/c1-16(2)20(24-21(27)17-8-4-3-5-9-17)22(28)26-14-12-25(13-15-26)19-11-7-6-10-18(19)23/h6-7,10-11,16-17,20H,3-5,8-9,12-15H2,1-2H3,(H,24,27)/t20-/m0/s1. The summed E-state index contributed by atoms with van der Waals surface area (Å²) in [5.74, 6) is -0.156. The van der Waals surface area contributed by atoms with Gasteiger partial charge >= 0.3 is 0 Å². The van der Waals surface area contributed by atoms with E-state index in [1.54, 1.807) is 12.1 Å². The van der Waals surface area contributed by atoms with Gasteiger partial charge in [-0.1, -0.05) is 45.2 Å². The summed E-state index contributed by atoms with van der Waals surface area (Å²) in [5, 5.41) is 3.03. The van der Waals surface area contributed by atoms with E-state index in [2.05, 4.69) is 5.32 Å². The molecule has 1 aliphatic carbocycles. The number of para-hydroxylation sites is 1. The normalized spacial score (nSPS) is 19.6. The van der Waals surface area contributed by atoms with E-state index in [-0.39, 0.29) is 29.5 Å². The lowest BCUT2D eigenvalue weighted by Gasteiger charge is -2.38. The summed E-state index contributed by atoms with van der Waals surface area (Å²) < 4.78 is 14.0. The van der Waals surface area contributed by atoms with E-state index in [9.17, 15) is 14.0 Å². The first kappa shape index (κ1) is 20.6. The monoisotopic (exact) mass is 389 g/mol. The van der Waals surface area contributed by atoms with Crippen molar-refractivity contribution in [3.05, 3.63) is 30.1 Å². The average molecular weight is 390 g/mol. The summed E-state index contributed by atoms with van der Waals surface area (Å²) in [6.45, 7) is 6.20. The Labute approximate surface area is 167 Å². The van der Waals surface area contributed by atoms with Gasteiger partial charge in [-0.15, -0.1) is 0 Å². The number of hydrogen-bond donors (Lipinski definition) is 1. The lowest BCUT2D eigenvalue weighted by molar-refractivity contribution is -0.139. The van der Waals surface area contributed by atoms with E-state index in [1.807, 2.05) is 29.7 Å². The number of anilines is 1. The smallest absolute Gasteiger partial charge is 0.245 e. The number of amides is 2. The van der Waals surface area contributed by atoms with Crippen LogP contribution in [0.15, 0.2) is 24.3 Å². The van der Waals surface area contributed by atoms with Crippen LogP contribution in [0.3, 0.4) is 0 Å². The third-order valence-electron chi connectivity index (χ3n) is 5.99. The van der Waals surface area contributed by atoms with Crippen LogP contribution in [0.1, 0.15) is 46.0 Å². The molecule has 1 saturated carbocycles. The average Bonchev–Trinajstić information content (AvgIpc) is 2.72. The second kappa shape index (κ2) is 9.39. The minimum Gasteiger partial charge on any atom is -0.366 e. The number of hydrogen-bond acceptors (Lipinski definition) is 3. The first-order chi connectivity index (χ1) is 13.5. The van der Waals surface area contributed by atoms with Crippen LogP contribution in [0.4, 0.5) is 10.1 Å². The van der Waals surface area contributed by atoms with Crippen molar-refractivity contribution < 1.29 is 14.0 Å². The van der Waals surface area contributed by atoms with Gasteiger partial charge in [-0.25, -0.2) is 4.39 Å². The summed E-state index contributed by atoms with van der Waals surface area (Å²) in [7, 11) is 0. The molecule has 28 heavy (non-hydrogen) atoms. The highest BCUT2D eigenvalue weighted by Crippen LogP contribution is 2.24. The topological polar surface area (TPSA) is 52.7 Å². The Bertz CT molecular complexity index is 680. The highest BCUT2D eigenvalue weighted by molar-refractivity contribution is 5.89. The van der Waals surface area contributed by atoms with Crippen LogP contribution in [0, 0.1) is 17.7 Å². The van der Waals surface area contributed by atoms with E-state index in [4.69, 9.17) is 0 Å². The van der Waals surface area contributed by atoms with E-state index in [0.29, 0.717) is 31.9 Å². The molecule has 2 fully saturated rings. The van der Waals surface area contributed by atoms with Gasteiger partial charge in [-0.3, -0.25) is 9.59 Å². The second-order valence-electron chi connectivity index (χ2n) is 8.33. The molecule has 0 spiro atoms. The highest BCUT2D eigenvalue weighted by Gasteiger charge is 2.33. The Morgan fingerprint density at radius 2 is 1.68 bits per heavy atom. The summed E-state index contributed by atoms with van der Waals surface area (Å²) in [4.78, 5) is 29.5. The Morgan fingerprint density at radius 1 is 1.04 bits per heavy atom. The third kappa shape index (κ3) is 4.83. The van der Waals surface area contributed by atoms with E-state index >= 15 is 0 Å². The Balaban J connectivity index is 1.58. The highest BCUT2D eigenvalue weighted by atomic mass is 19.1. The molecule has 0 radical (unpaired) electrons. The number of benzene rings is 1. The zero-order chi connectivity index (χ0) is 20.1. The molecule has 1 aliphatic heterocycles. The van der Waals surface area contributed by atoms with Gasteiger partial charge in [0.1, 0.15) is 11.9 Å². The van der Waals surface area contributed by atoms with Crippen LogP contribution in [-0.4, -0.2) is 48.9 Å². The molecule has 5 nitrogen and oxygen atoms in total. The number of carbonyl (C=O) groups is 2. The number of piperazine rings is 1. The number of nitrogens with zero attached hydrogens (tertiary/aromatic N) is 2. The largest absolute Gasteiger partial charge is 0.366 e. The van der Waals surface area contributed by atoms with Crippen molar-refractivity contribution in [2.24, 2.45) is 11.8 Å². The summed E-state index contributed by atoms with van der Waals surface area (Å²) in [6, 6.07) is 6.25. The molecular formula is C22H32FN3O2. The summed E-state index contributed by atoms with van der Waals surface area (Å²) in [5.41, 5.74) is 0.584. The van der Waals surface area contributed by atoms with Gasteiger partial charge < -0.3 is 15.1 Å². The predicted octanol–water partition coefficient (Wildman–Crippen LogP) is 3.20. The zero-order valence-corrected chi connectivity index (χ0v) is 17.0. The fourth-order valence-electron chi connectivity index (χ4n) is 4.22. The molecule has 0 bridgehead atoms. The Kier molecular flexibility index (Phi) is 6.92. The van der Waals surface area contributed by atoms with Crippen molar-refractivity contribution >= 4 is 17.5 Å². The van der Waals surface area contributed by atoms with Gasteiger partial charge in [0.05, 0.1) is 5.69 Å². The molecule has 0 unspecified atom stereocenters. The van der Waals surface area contributed by atoms with Crippen LogP contribution in [-0.2, 0) is 9.59 Å². The van der Waals surface area contributed by atoms with Crippen LogP contribution >= 0.6 is 0 Å². The molecule has 1 heterocycles. The molecule has 2 amide bonds. The second-order valence-corrected chi connectivity index (χ2v) is 8.33. The molecule has 6 heteroatoms. The van der Waals surface area contributed by atoms with Gasteiger partial charge in [0.15, 0.2) is 0 Å². The van der Waals surface area contributed by atoms with Crippen molar-refractivity contribution in [1.29, 1.82) is 0 Å². The first-order valence-electron chi connectivity index (χ1n) is 10.6. The van der Waals surface area contributed by atoms with Crippen LogP contribution in [0.5, 0.6) is 0 Å². The maximum atomic E-state index is 14.0. The first-order valence-corrected chi connectivity index (χ1v) is 10.6. The van der Waals surface area contributed by atoms with E-state index in [0.717, 1.165) is 25.7 Å². The van der Waals surface area contributed by atoms with Crippen molar-refractivity contribution in [1.82, 2.24) is 10.2 Å². The minimum absolute atomic E-state index is 0.0210. The molecule has 3 rings (SSSR count). The quantitative estimate of drug-likeness (QED) is 0.841. The number of carbonyl (C=O) groups excluding carboxylic acids is 2. The molecule has 1 atom stereocenters. The number of rotatable bonds is 5. The van der Waals surface area contributed by atoms with Crippen molar-refractivity contribution in [2.75, 3.05) is 31.1 Å². The van der Waals surface area contributed by atoms with E-state index < -0.39 is 6.04 Å². The maximum Gasteiger partial charge on any atom is 0.245 e. The van der Waals surface area contributed by atoms with Crippen molar-refractivity contribution in [3.8, 4) is 0 Å². The summed E-state index contributed by atoms with van der Waals surface area (Å²) in [6.07, 6.45) is 5.23. The predicted molar refractivity (Wildman–Crippen MR) is 109 cm³/mol. The van der Waals surface area contributed by atoms with Crippen LogP contribution < -0.4 is 10.2 Å². The molecular weight excluding hydrogens is 357 g/mol. The Hall–Kier alpha value is -2.11. The fraction of sp³-hybridized carbons (Fsp3) is 0.636. The summed E-state index contributed by atoms with van der Waals surface area (Å²) >= 11 is 0. The maximum absolute atomic E-state index is 14.0. The van der Waals surface area contributed by atoms with Gasteiger partial charge in [0.2, 0.25) is 11.8 Å². The minimum atomic E-state index is -0.491. The fourth-order valence-corrected chi connectivity index (χ4v) is 4.22. The Morgan fingerprint density at radius 3 is 2.29 bits per heavy atom. The van der Waals surface area contributed by atoms with Crippen molar-refractivity contribution in [2.45, 2.75) is 52.0 Å². The lowest BCUT2D eigenvalue weighted by atomic mass is 9.88. The van der Waals surface area contributed by atoms with Crippen LogP contribution in [0.25, 0.3) is 0 Å². The molecule has 1 aromatic carbocycles.